The van der Waals surface area contributed by atoms with Crippen molar-refractivity contribution in [2.45, 2.75) is 52.0 Å². The van der Waals surface area contributed by atoms with Crippen LogP contribution in [-0.4, -0.2) is 55.0 Å². The predicted octanol–water partition coefficient (Wildman–Crippen LogP) is 6.05. The van der Waals surface area contributed by atoms with Gasteiger partial charge in [-0.15, -0.1) is 11.3 Å². The highest BCUT2D eigenvalue weighted by atomic mass is 32.1. The minimum atomic E-state index is -0.134. The molecular formula is C31H38N2O3S. The number of nitrogens with zero attached hydrogens (tertiary/aromatic N) is 2. The number of amides is 2. The largest absolute Gasteiger partial charge is 0.383 e. The maximum Gasteiger partial charge on any atom is 0.254 e. The van der Waals surface area contributed by atoms with Gasteiger partial charge < -0.3 is 14.5 Å². The molecule has 0 N–H and O–H groups in total. The predicted molar refractivity (Wildman–Crippen MR) is 150 cm³/mol. The van der Waals surface area contributed by atoms with E-state index in [1.165, 1.54) is 28.8 Å². The zero-order valence-corrected chi connectivity index (χ0v) is 23.1. The van der Waals surface area contributed by atoms with E-state index in [0.29, 0.717) is 25.3 Å². The van der Waals surface area contributed by atoms with Gasteiger partial charge in [0.2, 0.25) is 5.91 Å². The van der Waals surface area contributed by atoms with Crippen LogP contribution in [0.3, 0.4) is 0 Å². The van der Waals surface area contributed by atoms with E-state index in [0.717, 1.165) is 30.4 Å². The first-order valence-electron chi connectivity index (χ1n) is 13.3. The Balaban J connectivity index is 1.54. The van der Waals surface area contributed by atoms with Gasteiger partial charge >= 0.3 is 0 Å². The highest BCUT2D eigenvalue weighted by Crippen LogP contribution is 2.39. The van der Waals surface area contributed by atoms with Crippen molar-refractivity contribution in [2.75, 3.05) is 33.4 Å². The van der Waals surface area contributed by atoms with E-state index in [9.17, 15) is 9.59 Å². The molecule has 1 aliphatic heterocycles. The van der Waals surface area contributed by atoms with Crippen LogP contribution in [-0.2, 0) is 22.4 Å². The summed E-state index contributed by atoms with van der Waals surface area (Å²) in [6, 6.07) is 18.1. The smallest absolute Gasteiger partial charge is 0.254 e. The number of thiophene rings is 1. The Labute approximate surface area is 225 Å². The number of hydrogen-bond donors (Lipinski definition) is 0. The zero-order valence-electron chi connectivity index (χ0n) is 22.2. The second-order valence-corrected chi connectivity index (χ2v) is 10.8. The van der Waals surface area contributed by atoms with Crippen LogP contribution >= 0.6 is 11.3 Å². The van der Waals surface area contributed by atoms with Crippen LogP contribution in [0.1, 0.15) is 69.7 Å². The molecule has 1 atom stereocenters. The van der Waals surface area contributed by atoms with Crippen molar-refractivity contribution in [3.8, 4) is 0 Å². The molecule has 6 heteroatoms. The molecule has 0 radical (unpaired) electrons. The maximum atomic E-state index is 13.8. The third-order valence-corrected chi connectivity index (χ3v) is 8.21. The summed E-state index contributed by atoms with van der Waals surface area (Å²) in [4.78, 5) is 32.3. The molecule has 2 aromatic carbocycles. The van der Waals surface area contributed by atoms with Gasteiger partial charge in [0.25, 0.3) is 5.91 Å². The van der Waals surface area contributed by atoms with Crippen LogP contribution < -0.4 is 0 Å². The third-order valence-electron chi connectivity index (χ3n) is 7.22. The lowest BCUT2D eigenvalue weighted by Crippen LogP contribution is -2.47. The SMILES string of the molecule is CCCCCc1ccc(C(=O)N(CCOC)CC(=O)N2CCc3sccc3C2c2ccccc2C)cc1. The molecule has 4 rings (SSSR count). The fourth-order valence-electron chi connectivity index (χ4n) is 5.10. The van der Waals surface area contributed by atoms with Crippen LogP contribution in [0.5, 0.6) is 0 Å². The summed E-state index contributed by atoms with van der Waals surface area (Å²) in [5.41, 5.74) is 5.36. The molecule has 0 fully saturated rings. The quantitative estimate of drug-likeness (QED) is 0.290. The molecule has 0 saturated heterocycles. The van der Waals surface area contributed by atoms with E-state index in [4.69, 9.17) is 4.74 Å². The van der Waals surface area contributed by atoms with Crippen LogP contribution in [0.4, 0.5) is 0 Å². The van der Waals surface area contributed by atoms with Crippen LogP contribution in [0, 0.1) is 6.92 Å². The number of carbonyl (C=O) groups is 2. The minimum absolute atomic E-state index is 0.0301. The summed E-state index contributed by atoms with van der Waals surface area (Å²) in [7, 11) is 1.62. The molecule has 196 valence electrons. The molecule has 0 bridgehead atoms. The number of fused-ring (bicyclic) bond motifs is 1. The van der Waals surface area contributed by atoms with E-state index in [-0.39, 0.29) is 24.4 Å². The van der Waals surface area contributed by atoms with Gasteiger partial charge in [0.05, 0.1) is 12.6 Å². The van der Waals surface area contributed by atoms with Crippen molar-refractivity contribution < 1.29 is 14.3 Å². The molecule has 2 heterocycles. The van der Waals surface area contributed by atoms with Crippen molar-refractivity contribution in [1.82, 2.24) is 9.80 Å². The van der Waals surface area contributed by atoms with E-state index in [1.807, 2.05) is 41.3 Å². The van der Waals surface area contributed by atoms with Crippen LogP contribution in [0.2, 0.25) is 0 Å². The van der Waals surface area contributed by atoms with E-state index in [2.05, 4.69) is 37.4 Å². The zero-order chi connectivity index (χ0) is 26.2. The molecule has 0 aliphatic carbocycles. The summed E-state index contributed by atoms with van der Waals surface area (Å²) in [5, 5.41) is 2.12. The fourth-order valence-corrected chi connectivity index (χ4v) is 6.00. The number of methoxy groups -OCH3 is 1. The molecule has 1 aromatic heterocycles. The number of aryl methyl sites for hydroxylation is 2. The molecule has 1 unspecified atom stereocenters. The summed E-state index contributed by atoms with van der Waals surface area (Å²) >= 11 is 1.76. The summed E-state index contributed by atoms with van der Waals surface area (Å²) in [5.74, 6) is -0.170. The lowest BCUT2D eigenvalue weighted by atomic mass is 9.90. The normalized spacial score (nSPS) is 14.9. The monoisotopic (exact) mass is 518 g/mol. The van der Waals surface area contributed by atoms with E-state index in [1.54, 1.807) is 23.3 Å². The first-order chi connectivity index (χ1) is 18.0. The lowest BCUT2D eigenvalue weighted by molar-refractivity contribution is -0.134. The number of benzene rings is 2. The highest BCUT2D eigenvalue weighted by Gasteiger charge is 2.34. The number of ether oxygens (including phenoxy) is 1. The van der Waals surface area contributed by atoms with Crippen molar-refractivity contribution in [1.29, 1.82) is 0 Å². The third kappa shape index (κ3) is 6.49. The minimum Gasteiger partial charge on any atom is -0.383 e. The van der Waals surface area contributed by atoms with E-state index >= 15 is 0 Å². The Morgan fingerprint density at radius 2 is 1.84 bits per heavy atom. The summed E-state index contributed by atoms with van der Waals surface area (Å²) in [6.07, 6.45) is 5.41. The molecule has 5 nitrogen and oxygen atoms in total. The Morgan fingerprint density at radius 3 is 2.57 bits per heavy atom. The topological polar surface area (TPSA) is 49.9 Å². The number of carbonyl (C=O) groups excluding carboxylic acids is 2. The second kappa shape index (κ2) is 13.0. The molecule has 0 saturated carbocycles. The standard InChI is InChI=1S/C31H38N2O3S/c1-4-5-6-10-24-12-14-25(15-13-24)31(35)32(19-20-36-3)22-29(34)33-18-16-28-27(17-21-37-28)30(33)26-11-8-7-9-23(26)2/h7-9,11-15,17,21,30H,4-6,10,16,18-20,22H2,1-3H3. The van der Waals surface area contributed by atoms with Gasteiger partial charge in [-0.05, 0) is 72.0 Å². The molecule has 2 amide bonds. The van der Waals surface area contributed by atoms with Gasteiger partial charge in [-0.25, -0.2) is 0 Å². The molecule has 3 aromatic rings. The maximum absolute atomic E-state index is 13.8. The number of hydrogen-bond acceptors (Lipinski definition) is 4. The van der Waals surface area contributed by atoms with Crippen LogP contribution in [0.25, 0.3) is 0 Å². The van der Waals surface area contributed by atoms with E-state index < -0.39 is 0 Å². The van der Waals surface area contributed by atoms with Gasteiger partial charge in [0, 0.05) is 30.6 Å². The molecule has 1 aliphatic rings. The van der Waals surface area contributed by atoms with Gasteiger partial charge in [-0.1, -0.05) is 56.2 Å². The Morgan fingerprint density at radius 1 is 1.05 bits per heavy atom. The second-order valence-electron chi connectivity index (χ2n) is 9.77. The summed E-state index contributed by atoms with van der Waals surface area (Å²) < 4.78 is 5.28. The number of unbranched alkanes of at least 4 members (excludes halogenated alkanes) is 2. The van der Waals surface area contributed by atoms with Crippen molar-refractivity contribution >= 4 is 23.2 Å². The molecule has 37 heavy (non-hydrogen) atoms. The lowest BCUT2D eigenvalue weighted by Gasteiger charge is -2.38. The van der Waals surface area contributed by atoms with Crippen molar-refractivity contribution in [3.05, 3.63) is 92.7 Å². The summed E-state index contributed by atoms with van der Waals surface area (Å²) in [6.45, 7) is 5.71. The first kappa shape index (κ1) is 27.1. The van der Waals surface area contributed by atoms with Crippen molar-refractivity contribution in [2.24, 2.45) is 0 Å². The Hall–Kier alpha value is -2.96. The average Bonchev–Trinajstić information content (AvgIpc) is 3.40. The first-order valence-corrected chi connectivity index (χ1v) is 14.2. The highest BCUT2D eigenvalue weighted by molar-refractivity contribution is 7.10. The number of rotatable bonds is 11. The van der Waals surface area contributed by atoms with Crippen LogP contribution in [0.15, 0.2) is 60.0 Å². The van der Waals surface area contributed by atoms with Crippen molar-refractivity contribution in [3.63, 3.8) is 0 Å². The van der Waals surface area contributed by atoms with Gasteiger partial charge in [0.15, 0.2) is 0 Å². The molecule has 0 spiro atoms. The van der Waals surface area contributed by atoms with Gasteiger partial charge in [-0.2, -0.15) is 0 Å². The molecular weight excluding hydrogens is 480 g/mol. The Kier molecular flexibility index (Phi) is 9.53. The fraction of sp³-hybridized carbons (Fsp3) is 0.419. The van der Waals surface area contributed by atoms with Gasteiger partial charge in [0.1, 0.15) is 6.54 Å². The average molecular weight is 519 g/mol. The Bertz CT molecular complexity index is 1190. The van der Waals surface area contributed by atoms with Gasteiger partial charge in [-0.3, -0.25) is 9.59 Å².